The average Bonchev–Trinajstić information content (AvgIpc) is 3.18. The number of carbonyl (C=O) groups excluding carboxylic acids is 3. The summed E-state index contributed by atoms with van der Waals surface area (Å²) in [6.45, 7) is 2.71. The average molecular weight is 523 g/mol. The van der Waals surface area contributed by atoms with Crippen LogP contribution in [0.3, 0.4) is 0 Å². The molecule has 1 saturated heterocycles. The number of imide groups is 1. The lowest BCUT2D eigenvalue weighted by atomic mass is 9.82. The highest BCUT2D eigenvalue weighted by molar-refractivity contribution is 8.00. The molecule has 0 radical (unpaired) electrons. The minimum absolute atomic E-state index is 0.0997. The van der Waals surface area contributed by atoms with Gasteiger partial charge >= 0.3 is 5.97 Å². The summed E-state index contributed by atoms with van der Waals surface area (Å²) >= 11 is 1.30. The van der Waals surface area contributed by atoms with Gasteiger partial charge in [-0.3, -0.25) is 19.2 Å². The van der Waals surface area contributed by atoms with E-state index in [4.69, 9.17) is 4.74 Å². The third-order valence-electron chi connectivity index (χ3n) is 6.45. The largest absolute Gasteiger partial charge is 0.494 e. The maximum Gasteiger partial charge on any atom is 0.307 e. The Morgan fingerprint density at radius 3 is 2.35 bits per heavy atom. The van der Waals surface area contributed by atoms with E-state index in [-0.39, 0.29) is 24.1 Å². The van der Waals surface area contributed by atoms with Crippen molar-refractivity contribution in [2.24, 2.45) is 11.8 Å². The Bertz CT molecular complexity index is 1180. The molecule has 1 fully saturated rings. The van der Waals surface area contributed by atoms with E-state index in [0.29, 0.717) is 36.6 Å². The highest BCUT2D eigenvalue weighted by Gasteiger charge is 2.40. The molecule has 4 rings (SSSR count). The lowest BCUT2D eigenvalue weighted by Gasteiger charge is -2.24. The molecule has 1 aliphatic carbocycles. The SMILES string of the molecule is CCCCOc1ccc(N2C(=O)CC(Sc3ccc(NC(=O)C4CC=CCC4C(=O)O)cc3)C2=O)cc1. The van der Waals surface area contributed by atoms with E-state index in [1.165, 1.54) is 16.7 Å². The Hall–Kier alpha value is -3.59. The smallest absolute Gasteiger partial charge is 0.307 e. The maximum absolute atomic E-state index is 13.0. The molecule has 8 nitrogen and oxygen atoms in total. The van der Waals surface area contributed by atoms with Gasteiger partial charge in [0, 0.05) is 17.0 Å². The van der Waals surface area contributed by atoms with E-state index in [2.05, 4.69) is 12.2 Å². The van der Waals surface area contributed by atoms with E-state index in [1.54, 1.807) is 54.6 Å². The fourth-order valence-electron chi connectivity index (χ4n) is 4.39. The molecule has 0 aromatic heterocycles. The number of aliphatic carboxylic acids is 1. The number of amides is 3. The van der Waals surface area contributed by atoms with Gasteiger partial charge in [-0.15, -0.1) is 11.8 Å². The molecule has 3 unspecified atom stereocenters. The van der Waals surface area contributed by atoms with Crippen LogP contribution in [0.15, 0.2) is 65.6 Å². The Kier molecular flexibility index (Phi) is 8.66. The van der Waals surface area contributed by atoms with Gasteiger partial charge in [0.05, 0.1) is 29.4 Å². The van der Waals surface area contributed by atoms with Crippen molar-refractivity contribution in [1.29, 1.82) is 0 Å². The minimum atomic E-state index is -0.975. The molecule has 2 aliphatic rings. The van der Waals surface area contributed by atoms with Crippen molar-refractivity contribution >= 4 is 46.8 Å². The zero-order valence-electron chi connectivity index (χ0n) is 20.6. The van der Waals surface area contributed by atoms with Crippen LogP contribution < -0.4 is 15.0 Å². The van der Waals surface area contributed by atoms with Gasteiger partial charge in [-0.05, 0) is 67.8 Å². The van der Waals surface area contributed by atoms with Gasteiger partial charge in [-0.25, -0.2) is 4.90 Å². The van der Waals surface area contributed by atoms with Crippen LogP contribution in [0.4, 0.5) is 11.4 Å². The number of carboxylic acid groups (broad SMARTS) is 1. The lowest BCUT2D eigenvalue weighted by molar-refractivity contribution is -0.146. The number of benzene rings is 2. The summed E-state index contributed by atoms with van der Waals surface area (Å²) in [7, 11) is 0. The molecule has 3 amide bonds. The van der Waals surface area contributed by atoms with Crippen LogP contribution in [-0.4, -0.2) is 40.7 Å². The van der Waals surface area contributed by atoms with Crippen molar-refractivity contribution in [3.63, 3.8) is 0 Å². The summed E-state index contributed by atoms with van der Waals surface area (Å²) in [6, 6.07) is 14.0. The van der Waals surface area contributed by atoms with Crippen LogP contribution >= 0.6 is 11.8 Å². The third kappa shape index (κ3) is 6.40. The summed E-state index contributed by atoms with van der Waals surface area (Å²) < 4.78 is 5.65. The summed E-state index contributed by atoms with van der Waals surface area (Å²) in [5.41, 5.74) is 1.07. The standard InChI is InChI=1S/C28H30N2O6S/c1-2-3-16-36-20-12-10-19(11-13-20)30-25(31)17-24(27(30)33)37-21-14-8-18(9-15-21)29-26(32)22-6-4-5-7-23(22)28(34)35/h4-5,8-15,22-24H,2-3,6-7,16-17H2,1H3,(H,29,32)(H,34,35). The van der Waals surface area contributed by atoms with Gasteiger partial charge in [0.1, 0.15) is 5.75 Å². The van der Waals surface area contributed by atoms with Gasteiger partial charge < -0.3 is 15.2 Å². The second-order valence-electron chi connectivity index (χ2n) is 9.08. The van der Waals surface area contributed by atoms with Crippen molar-refractivity contribution in [2.75, 3.05) is 16.8 Å². The number of anilines is 2. The molecular weight excluding hydrogens is 492 g/mol. The molecule has 0 spiro atoms. The predicted molar refractivity (Wildman–Crippen MR) is 142 cm³/mol. The van der Waals surface area contributed by atoms with Crippen LogP contribution in [0.25, 0.3) is 0 Å². The van der Waals surface area contributed by atoms with E-state index in [0.717, 1.165) is 17.7 Å². The first-order valence-electron chi connectivity index (χ1n) is 12.4. The predicted octanol–water partition coefficient (Wildman–Crippen LogP) is 4.90. The summed E-state index contributed by atoms with van der Waals surface area (Å²) in [5.74, 6) is -2.48. The second-order valence-corrected chi connectivity index (χ2v) is 10.4. The van der Waals surface area contributed by atoms with Crippen molar-refractivity contribution in [3.05, 3.63) is 60.7 Å². The molecule has 1 heterocycles. The van der Waals surface area contributed by atoms with Crippen molar-refractivity contribution in [3.8, 4) is 5.75 Å². The minimum Gasteiger partial charge on any atom is -0.494 e. The number of allylic oxidation sites excluding steroid dienone is 2. The molecular formula is C28H30N2O6S. The Balaban J connectivity index is 1.34. The number of rotatable bonds is 10. The lowest BCUT2D eigenvalue weighted by Crippen LogP contribution is -2.34. The van der Waals surface area contributed by atoms with Crippen molar-refractivity contribution in [2.45, 2.75) is 49.2 Å². The number of hydrogen-bond donors (Lipinski definition) is 2. The summed E-state index contributed by atoms with van der Waals surface area (Å²) in [4.78, 5) is 51.8. The zero-order valence-corrected chi connectivity index (χ0v) is 21.4. The second kappa shape index (κ2) is 12.1. The van der Waals surface area contributed by atoms with Crippen LogP contribution in [0.5, 0.6) is 5.75 Å². The number of nitrogens with one attached hydrogen (secondary N) is 1. The molecule has 2 aromatic carbocycles. The molecule has 1 aliphatic heterocycles. The van der Waals surface area contributed by atoms with Gasteiger partial charge in [0.2, 0.25) is 17.7 Å². The van der Waals surface area contributed by atoms with Gasteiger partial charge in [-0.2, -0.15) is 0 Å². The number of carbonyl (C=O) groups is 4. The first-order valence-corrected chi connectivity index (χ1v) is 13.3. The molecule has 194 valence electrons. The molecule has 2 aromatic rings. The highest BCUT2D eigenvalue weighted by Crippen LogP contribution is 2.35. The monoisotopic (exact) mass is 522 g/mol. The maximum atomic E-state index is 13.0. The highest BCUT2D eigenvalue weighted by atomic mass is 32.2. The van der Waals surface area contributed by atoms with Crippen LogP contribution in [-0.2, 0) is 19.2 Å². The fourth-order valence-corrected chi connectivity index (χ4v) is 5.44. The number of hydrogen-bond acceptors (Lipinski definition) is 6. The topological polar surface area (TPSA) is 113 Å². The van der Waals surface area contributed by atoms with E-state index in [9.17, 15) is 24.3 Å². The molecule has 0 saturated carbocycles. The van der Waals surface area contributed by atoms with E-state index >= 15 is 0 Å². The number of carboxylic acids is 1. The number of nitrogens with zero attached hydrogens (tertiary/aromatic N) is 1. The van der Waals surface area contributed by atoms with E-state index in [1.807, 2.05) is 6.08 Å². The molecule has 3 atom stereocenters. The Morgan fingerprint density at radius 2 is 1.70 bits per heavy atom. The number of thioether (sulfide) groups is 1. The number of unbranched alkanes of at least 4 members (excludes halogenated alkanes) is 1. The van der Waals surface area contributed by atoms with Crippen molar-refractivity contribution in [1.82, 2.24) is 0 Å². The molecule has 0 bridgehead atoms. The van der Waals surface area contributed by atoms with Crippen LogP contribution in [0, 0.1) is 11.8 Å². The zero-order chi connectivity index (χ0) is 26.4. The fraction of sp³-hybridized carbons (Fsp3) is 0.357. The van der Waals surface area contributed by atoms with Crippen LogP contribution in [0.2, 0.25) is 0 Å². The first kappa shape index (κ1) is 26.5. The Morgan fingerprint density at radius 1 is 1.03 bits per heavy atom. The van der Waals surface area contributed by atoms with Gasteiger partial charge in [0.25, 0.3) is 0 Å². The van der Waals surface area contributed by atoms with Gasteiger partial charge in [0.15, 0.2) is 0 Å². The Labute approximate surface area is 220 Å². The molecule has 37 heavy (non-hydrogen) atoms. The third-order valence-corrected chi connectivity index (χ3v) is 7.65. The first-order chi connectivity index (χ1) is 17.9. The van der Waals surface area contributed by atoms with Gasteiger partial charge in [-0.1, -0.05) is 25.5 Å². The summed E-state index contributed by atoms with van der Waals surface area (Å²) in [5, 5.41) is 11.7. The molecule has 9 heteroatoms. The number of ether oxygens (including phenoxy) is 1. The van der Waals surface area contributed by atoms with E-state index < -0.39 is 23.1 Å². The normalized spacial score (nSPS) is 21.2. The van der Waals surface area contributed by atoms with Crippen LogP contribution in [0.1, 0.15) is 39.0 Å². The summed E-state index contributed by atoms with van der Waals surface area (Å²) in [6.07, 6.45) is 6.45. The van der Waals surface area contributed by atoms with Crippen molar-refractivity contribution < 1.29 is 29.0 Å². The molecule has 2 N–H and O–H groups in total. The quantitative estimate of drug-likeness (QED) is 0.259.